The summed E-state index contributed by atoms with van der Waals surface area (Å²) in [5, 5.41) is 12.1. The number of nitrogens with two attached hydrogens (primary N) is 1. The molecule has 6 heterocycles. The van der Waals surface area contributed by atoms with Gasteiger partial charge in [-0.3, -0.25) is 9.78 Å². The van der Waals surface area contributed by atoms with Crippen molar-refractivity contribution < 1.29 is 13.2 Å². The first-order valence-electron chi connectivity index (χ1n) is 13.8. The van der Waals surface area contributed by atoms with E-state index >= 15 is 0 Å². The fraction of sp³-hybridized carbons (Fsp3) is 0.481. The molecular weight excluding hydrogens is 530 g/mol. The largest absolute Gasteiger partial charge is 0.382 e. The van der Waals surface area contributed by atoms with Gasteiger partial charge in [-0.2, -0.15) is 9.61 Å². The molecule has 40 heavy (non-hydrogen) atoms. The van der Waals surface area contributed by atoms with E-state index < -0.39 is 9.84 Å². The quantitative estimate of drug-likeness (QED) is 0.372. The van der Waals surface area contributed by atoms with Gasteiger partial charge in [-0.1, -0.05) is 18.9 Å². The van der Waals surface area contributed by atoms with Gasteiger partial charge in [0.25, 0.3) is 5.91 Å². The van der Waals surface area contributed by atoms with E-state index in [0.29, 0.717) is 30.1 Å². The SMILES string of the molecule is CS(=O)(=O)c1c([C@H]2C[C@H]3CC[C@@H](C2)N3C(=O)c2nnc[nH]2)nc2c(-c3ccc(C4CCCC4)nc3)cnn2c1N. The van der Waals surface area contributed by atoms with E-state index in [-0.39, 0.29) is 40.4 Å². The molecule has 2 saturated heterocycles. The third-order valence-electron chi connectivity index (χ3n) is 8.88. The second kappa shape index (κ2) is 9.36. The molecule has 208 valence electrons. The van der Waals surface area contributed by atoms with Crippen LogP contribution in [0.15, 0.2) is 35.7 Å². The van der Waals surface area contributed by atoms with Gasteiger partial charge in [-0.25, -0.2) is 13.4 Å². The molecule has 13 heteroatoms. The van der Waals surface area contributed by atoms with E-state index in [0.717, 1.165) is 35.9 Å². The molecule has 2 aliphatic heterocycles. The highest BCUT2D eigenvalue weighted by molar-refractivity contribution is 7.91. The Morgan fingerprint density at radius 2 is 1.80 bits per heavy atom. The van der Waals surface area contributed by atoms with Crippen molar-refractivity contribution in [3.05, 3.63) is 48.1 Å². The maximum Gasteiger partial charge on any atom is 0.292 e. The molecule has 1 aliphatic carbocycles. The number of H-pyrrole nitrogens is 1. The van der Waals surface area contributed by atoms with Gasteiger partial charge in [0.1, 0.15) is 17.0 Å². The summed E-state index contributed by atoms with van der Waals surface area (Å²) in [4.78, 5) is 27.5. The monoisotopic (exact) mass is 561 g/mol. The van der Waals surface area contributed by atoms with Crippen molar-refractivity contribution in [1.29, 1.82) is 0 Å². The second-order valence-electron chi connectivity index (χ2n) is 11.3. The first-order chi connectivity index (χ1) is 19.3. The van der Waals surface area contributed by atoms with Crippen LogP contribution in [-0.2, 0) is 9.84 Å². The first kappa shape index (κ1) is 25.1. The number of hydrogen-bond donors (Lipinski definition) is 2. The van der Waals surface area contributed by atoms with Crippen LogP contribution in [0, 0.1) is 0 Å². The topological polar surface area (TPSA) is 165 Å². The fourth-order valence-corrected chi connectivity index (χ4v) is 8.13. The summed E-state index contributed by atoms with van der Waals surface area (Å²) < 4.78 is 27.5. The summed E-state index contributed by atoms with van der Waals surface area (Å²) in [7, 11) is -3.72. The van der Waals surface area contributed by atoms with Crippen LogP contribution in [0.2, 0.25) is 0 Å². The number of nitrogens with one attached hydrogen (secondary N) is 1. The van der Waals surface area contributed by atoms with Crippen molar-refractivity contribution in [3.8, 4) is 11.1 Å². The number of pyridine rings is 1. The fourth-order valence-electron chi connectivity index (χ4n) is 7.07. The smallest absolute Gasteiger partial charge is 0.292 e. The van der Waals surface area contributed by atoms with Gasteiger partial charge < -0.3 is 15.6 Å². The van der Waals surface area contributed by atoms with Gasteiger partial charge >= 0.3 is 0 Å². The van der Waals surface area contributed by atoms with Crippen LogP contribution in [0.4, 0.5) is 5.82 Å². The number of anilines is 1. The molecule has 0 unspecified atom stereocenters. The van der Waals surface area contributed by atoms with E-state index in [2.05, 4.69) is 26.3 Å². The Kier molecular flexibility index (Phi) is 5.88. The molecule has 3 atom stereocenters. The van der Waals surface area contributed by atoms with Crippen molar-refractivity contribution >= 4 is 27.2 Å². The van der Waals surface area contributed by atoms with Crippen LogP contribution in [0.1, 0.15) is 85.2 Å². The zero-order valence-corrected chi connectivity index (χ0v) is 23.0. The van der Waals surface area contributed by atoms with Crippen LogP contribution in [0.5, 0.6) is 0 Å². The van der Waals surface area contributed by atoms with Crippen LogP contribution in [0.25, 0.3) is 16.8 Å². The molecule has 0 aromatic carbocycles. The van der Waals surface area contributed by atoms with Gasteiger partial charge in [-0.05, 0) is 44.6 Å². The lowest BCUT2D eigenvalue weighted by Crippen LogP contribution is -2.46. The highest BCUT2D eigenvalue weighted by atomic mass is 32.2. The molecule has 0 spiro atoms. The molecule has 1 amide bonds. The Morgan fingerprint density at radius 3 is 2.42 bits per heavy atom. The standard InChI is InChI=1S/C27H31N9O3S/c1-40(38,39)23-22(17-10-18-7-8-19(11-17)35(18)27(37)25-30-14-31-34-25)33-26-20(13-32-36(26)24(23)28)16-6-9-21(29-12-16)15-4-2-3-5-15/h6,9,12-15,17-19H,2-5,7-8,10-11,28H2,1H3,(H,30,31,34)/t17-,18+,19-. The molecule has 0 radical (unpaired) electrons. The van der Waals surface area contributed by atoms with Crippen LogP contribution in [0.3, 0.4) is 0 Å². The first-order valence-corrected chi connectivity index (χ1v) is 15.7. The van der Waals surface area contributed by atoms with Crippen LogP contribution < -0.4 is 5.73 Å². The normalized spacial score (nSPS) is 23.3. The number of aromatic amines is 1. The average Bonchev–Trinajstić information content (AvgIpc) is 3.74. The van der Waals surface area contributed by atoms with Gasteiger partial charge in [-0.15, -0.1) is 10.2 Å². The van der Waals surface area contributed by atoms with Crippen LogP contribution in [-0.4, -0.2) is 72.3 Å². The second-order valence-corrected chi connectivity index (χ2v) is 13.3. The lowest BCUT2D eigenvalue weighted by atomic mass is 9.87. The summed E-state index contributed by atoms with van der Waals surface area (Å²) in [6, 6.07) is 4.01. The summed E-state index contributed by atoms with van der Waals surface area (Å²) >= 11 is 0. The number of nitrogens with zero attached hydrogens (tertiary/aromatic N) is 7. The lowest BCUT2D eigenvalue weighted by Gasteiger charge is -2.38. The van der Waals surface area contributed by atoms with E-state index in [1.54, 1.807) is 6.20 Å². The number of hydrogen-bond acceptors (Lipinski definition) is 9. The predicted octanol–water partition coefficient (Wildman–Crippen LogP) is 3.10. The summed E-state index contributed by atoms with van der Waals surface area (Å²) in [5.41, 5.74) is 10.2. The number of fused-ring (bicyclic) bond motifs is 3. The molecular formula is C27H31N9O3S. The zero-order chi connectivity index (χ0) is 27.6. The number of piperidine rings is 1. The third kappa shape index (κ3) is 4.05. The number of nitrogen functional groups attached to an aromatic ring is 1. The molecule has 1 saturated carbocycles. The molecule has 3 aliphatic rings. The molecule has 12 nitrogen and oxygen atoms in total. The maximum atomic E-state index is 13.1. The van der Waals surface area contributed by atoms with Gasteiger partial charge in [0.05, 0.1) is 11.9 Å². The summed E-state index contributed by atoms with van der Waals surface area (Å²) in [5.74, 6) is 0.414. The number of aromatic nitrogens is 7. The van der Waals surface area contributed by atoms with E-state index in [1.807, 2.05) is 17.2 Å². The Morgan fingerprint density at radius 1 is 1.05 bits per heavy atom. The average molecular weight is 562 g/mol. The van der Waals surface area contributed by atoms with Crippen molar-refractivity contribution in [2.75, 3.05) is 12.0 Å². The third-order valence-corrected chi connectivity index (χ3v) is 10.0. The Labute approximate surface area is 231 Å². The minimum atomic E-state index is -3.72. The zero-order valence-electron chi connectivity index (χ0n) is 22.2. The Hall–Kier alpha value is -3.87. The Bertz CT molecular complexity index is 1680. The molecule has 3 N–H and O–H groups in total. The van der Waals surface area contributed by atoms with Gasteiger partial charge in [0, 0.05) is 53.2 Å². The van der Waals surface area contributed by atoms with E-state index in [4.69, 9.17) is 15.7 Å². The molecule has 3 fully saturated rings. The van der Waals surface area contributed by atoms with Crippen LogP contribution >= 0.6 is 0 Å². The van der Waals surface area contributed by atoms with Crippen molar-refractivity contribution in [2.24, 2.45) is 0 Å². The molecule has 7 rings (SSSR count). The van der Waals surface area contributed by atoms with E-state index in [9.17, 15) is 13.2 Å². The number of carbonyl (C=O) groups excluding carboxylic acids is 1. The number of rotatable bonds is 5. The number of carbonyl (C=O) groups is 1. The lowest BCUT2D eigenvalue weighted by molar-refractivity contribution is 0.0556. The number of amides is 1. The van der Waals surface area contributed by atoms with Crippen molar-refractivity contribution in [1.82, 2.24) is 39.7 Å². The summed E-state index contributed by atoms with van der Waals surface area (Å²) in [6.45, 7) is 0. The highest BCUT2D eigenvalue weighted by Gasteiger charge is 2.46. The Balaban J connectivity index is 1.27. The molecule has 4 aromatic rings. The minimum absolute atomic E-state index is 0.0174. The molecule has 4 aromatic heterocycles. The van der Waals surface area contributed by atoms with E-state index in [1.165, 1.54) is 36.5 Å². The van der Waals surface area contributed by atoms with Crippen molar-refractivity contribution in [2.45, 2.75) is 80.2 Å². The van der Waals surface area contributed by atoms with Crippen molar-refractivity contribution in [3.63, 3.8) is 0 Å². The maximum absolute atomic E-state index is 13.1. The predicted molar refractivity (Wildman–Crippen MR) is 146 cm³/mol. The van der Waals surface area contributed by atoms with Gasteiger partial charge in [0.15, 0.2) is 15.5 Å². The highest BCUT2D eigenvalue weighted by Crippen LogP contribution is 2.45. The minimum Gasteiger partial charge on any atom is -0.382 e. The number of sulfone groups is 1. The summed E-state index contributed by atoms with van der Waals surface area (Å²) in [6.07, 6.45) is 13.7. The molecule has 2 bridgehead atoms. The van der Waals surface area contributed by atoms with Gasteiger partial charge in [0.2, 0.25) is 5.82 Å².